The average molecular weight is 264 g/mol. The van der Waals surface area contributed by atoms with Crippen molar-refractivity contribution in [1.29, 1.82) is 0 Å². The highest BCUT2D eigenvalue weighted by molar-refractivity contribution is 7.90. The average Bonchev–Trinajstić information content (AvgIpc) is 2.25. The van der Waals surface area contributed by atoms with Crippen LogP contribution in [0.25, 0.3) is 0 Å². The predicted molar refractivity (Wildman–Crippen MR) is 64.3 cm³/mol. The Bertz CT molecular complexity index is 433. The third-order valence-electron chi connectivity index (χ3n) is 1.83. The van der Waals surface area contributed by atoms with E-state index >= 15 is 0 Å². The van der Waals surface area contributed by atoms with E-state index in [1.807, 2.05) is 31.2 Å². The molecule has 0 saturated carbocycles. The van der Waals surface area contributed by atoms with E-state index in [1.165, 1.54) is 0 Å². The molecule has 1 aromatic rings. The minimum absolute atomic E-state index is 0.211. The van der Waals surface area contributed by atoms with Crippen LogP contribution in [-0.4, -0.2) is 26.8 Å². The van der Waals surface area contributed by atoms with Gasteiger partial charge in [-0.25, -0.2) is 13.1 Å². The van der Waals surface area contributed by atoms with Gasteiger partial charge in [-0.1, -0.05) is 12.1 Å². The predicted octanol–water partition coefficient (Wildman–Crippen LogP) is 1.49. The summed E-state index contributed by atoms with van der Waals surface area (Å²) in [5.41, 5.74) is 1.10. The fourth-order valence-electron chi connectivity index (χ4n) is 1.11. The van der Waals surface area contributed by atoms with Gasteiger partial charge in [0, 0.05) is 6.54 Å². The topological polar surface area (TPSA) is 55.4 Å². The Morgan fingerprint density at radius 2 is 2.19 bits per heavy atom. The molecule has 0 aliphatic rings. The first-order chi connectivity index (χ1) is 7.53. The number of ether oxygens (including phenoxy) is 1. The highest BCUT2D eigenvalue weighted by Crippen LogP contribution is 2.11. The molecule has 0 unspecified atom stereocenters. The summed E-state index contributed by atoms with van der Waals surface area (Å²) in [4.78, 5) is 0. The first-order valence-electron chi connectivity index (χ1n) is 4.76. The van der Waals surface area contributed by atoms with Crippen LogP contribution in [0.1, 0.15) is 5.56 Å². The Balaban J connectivity index is 2.32. The maximum atomic E-state index is 11.0. The number of benzene rings is 1. The molecule has 0 bridgehead atoms. The maximum absolute atomic E-state index is 11.0. The van der Waals surface area contributed by atoms with Crippen LogP contribution in [0.4, 0.5) is 0 Å². The van der Waals surface area contributed by atoms with Gasteiger partial charge in [-0.05, 0) is 24.6 Å². The third kappa shape index (κ3) is 4.83. The first-order valence-corrected chi connectivity index (χ1v) is 6.95. The molecule has 1 rings (SSSR count). The lowest BCUT2D eigenvalue weighted by Gasteiger charge is -2.07. The largest absolute Gasteiger partial charge is 0.492 e. The molecule has 1 aromatic carbocycles. The zero-order valence-electron chi connectivity index (χ0n) is 8.94. The summed E-state index contributed by atoms with van der Waals surface area (Å²) in [7, 11) is -3.35. The van der Waals surface area contributed by atoms with Crippen LogP contribution in [-0.2, 0) is 10.0 Å². The number of aryl methyl sites for hydroxylation is 1. The molecular formula is C10H14ClNO3S. The van der Waals surface area contributed by atoms with Crippen LogP contribution >= 0.6 is 11.6 Å². The van der Waals surface area contributed by atoms with E-state index in [9.17, 15) is 8.42 Å². The summed E-state index contributed by atoms with van der Waals surface area (Å²) < 4.78 is 29.6. The van der Waals surface area contributed by atoms with E-state index in [2.05, 4.69) is 4.72 Å². The van der Waals surface area contributed by atoms with Gasteiger partial charge in [0.25, 0.3) is 0 Å². The van der Waals surface area contributed by atoms with Gasteiger partial charge in [-0.15, -0.1) is 11.6 Å². The van der Waals surface area contributed by atoms with E-state index in [-0.39, 0.29) is 13.2 Å². The van der Waals surface area contributed by atoms with Gasteiger partial charge in [-0.2, -0.15) is 0 Å². The summed E-state index contributed by atoms with van der Waals surface area (Å²) in [6.45, 7) is 2.45. The van der Waals surface area contributed by atoms with Crippen molar-refractivity contribution in [2.75, 3.05) is 18.4 Å². The standard InChI is InChI=1S/C10H14ClNO3S/c1-9-3-2-4-10(7-9)15-6-5-12-16(13,14)8-11/h2-4,7,12H,5-6,8H2,1H3. The molecule has 0 aromatic heterocycles. The zero-order chi connectivity index (χ0) is 12.0. The number of hydrogen-bond donors (Lipinski definition) is 1. The molecule has 0 aliphatic carbocycles. The third-order valence-corrected chi connectivity index (χ3v) is 3.62. The molecule has 4 nitrogen and oxygen atoms in total. The van der Waals surface area contributed by atoms with Gasteiger partial charge in [0.1, 0.15) is 17.6 Å². The minimum atomic E-state index is -3.35. The molecule has 0 saturated heterocycles. The molecule has 0 spiro atoms. The van der Waals surface area contributed by atoms with Crippen LogP contribution < -0.4 is 9.46 Å². The van der Waals surface area contributed by atoms with Crippen LogP contribution in [0, 0.1) is 6.92 Å². The van der Waals surface area contributed by atoms with Crippen molar-refractivity contribution in [2.24, 2.45) is 0 Å². The van der Waals surface area contributed by atoms with E-state index in [0.29, 0.717) is 0 Å². The van der Waals surface area contributed by atoms with E-state index in [4.69, 9.17) is 16.3 Å². The fourth-order valence-corrected chi connectivity index (χ4v) is 1.81. The zero-order valence-corrected chi connectivity index (χ0v) is 10.5. The maximum Gasteiger partial charge on any atom is 0.225 e. The number of halogens is 1. The number of rotatable bonds is 6. The van der Waals surface area contributed by atoms with E-state index < -0.39 is 15.2 Å². The van der Waals surface area contributed by atoms with Crippen molar-refractivity contribution in [3.8, 4) is 5.75 Å². The summed E-state index contributed by atoms with van der Waals surface area (Å²) in [6.07, 6.45) is 0. The second-order valence-electron chi connectivity index (χ2n) is 3.28. The molecule has 0 heterocycles. The van der Waals surface area contributed by atoms with E-state index in [1.54, 1.807) is 0 Å². The lowest BCUT2D eigenvalue weighted by Crippen LogP contribution is -2.28. The summed E-state index contributed by atoms with van der Waals surface area (Å²) in [5, 5.41) is -0.433. The minimum Gasteiger partial charge on any atom is -0.492 e. The molecule has 0 aliphatic heterocycles. The van der Waals surface area contributed by atoms with Crippen molar-refractivity contribution in [2.45, 2.75) is 6.92 Å². The smallest absolute Gasteiger partial charge is 0.225 e. The second-order valence-corrected chi connectivity index (χ2v) is 5.67. The molecule has 1 N–H and O–H groups in total. The highest BCUT2D eigenvalue weighted by atomic mass is 35.5. The monoisotopic (exact) mass is 263 g/mol. The molecule has 16 heavy (non-hydrogen) atoms. The SMILES string of the molecule is Cc1cccc(OCCNS(=O)(=O)CCl)c1. The van der Waals surface area contributed by atoms with Crippen molar-refractivity contribution in [3.63, 3.8) is 0 Å². The normalized spacial score (nSPS) is 11.4. The van der Waals surface area contributed by atoms with Crippen LogP contribution in [0.5, 0.6) is 5.75 Å². The quantitative estimate of drug-likeness (QED) is 0.625. The number of hydrogen-bond acceptors (Lipinski definition) is 3. The van der Waals surface area contributed by atoms with Gasteiger partial charge in [0.15, 0.2) is 0 Å². The summed E-state index contributed by atoms with van der Waals surface area (Å²) in [6, 6.07) is 7.55. The fraction of sp³-hybridized carbons (Fsp3) is 0.400. The summed E-state index contributed by atoms with van der Waals surface area (Å²) >= 11 is 5.22. The molecule has 6 heteroatoms. The first kappa shape index (κ1) is 13.3. The lowest BCUT2D eigenvalue weighted by molar-refractivity contribution is 0.322. The Morgan fingerprint density at radius 3 is 2.81 bits per heavy atom. The van der Waals surface area contributed by atoms with Crippen LogP contribution in [0.15, 0.2) is 24.3 Å². The van der Waals surface area contributed by atoms with Crippen molar-refractivity contribution < 1.29 is 13.2 Å². The van der Waals surface area contributed by atoms with Crippen molar-refractivity contribution >= 4 is 21.6 Å². The second kappa shape index (κ2) is 6.08. The Kier molecular flexibility index (Phi) is 5.05. The Labute approximate surface area is 101 Å². The van der Waals surface area contributed by atoms with Gasteiger partial charge in [0.05, 0.1) is 0 Å². The van der Waals surface area contributed by atoms with Gasteiger partial charge >= 0.3 is 0 Å². The Hall–Kier alpha value is -0.780. The molecular weight excluding hydrogens is 250 g/mol. The van der Waals surface area contributed by atoms with Crippen LogP contribution in [0.3, 0.4) is 0 Å². The lowest BCUT2D eigenvalue weighted by atomic mass is 10.2. The molecule has 0 atom stereocenters. The van der Waals surface area contributed by atoms with Gasteiger partial charge in [-0.3, -0.25) is 0 Å². The van der Waals surface area contributed by atoms with E-state index in [0.717, 1.165) is 11.3 Å². The molecule has 0 amide bonds. The molecule has 0 fully saturated rings. The van der Waals surface area contributed by atoms with Crippen molar-refractivity contribution in [3.05, 3.63) is 29.8 Å². The highest BCUT2D eigenvalue weighted by Gasteiger charge is 2.05. The molecule has 90 valence electrons. The van der Waals surface area contributed by atoms with Crippen molar-refractivity contribution in [1.82, 2.24) is 4.72 Å². The van der Waals surface area contributed by atoms with Gasteiger partial charge in [0.2, 0.25) is 10.0 Å². The number of nitrogens with one attached hydrogen (secondary N) is 1. The number of sulfonamides is 1. The van der Waals surface area contributed by atoms with Gasteiger partial charge < -0.3 is 4.74 Å². The summed E-state index contributed by atoms with van der Waals surface area (Å²) in [5.74, 6) is 0.727. The number of alkyl halides is 1. The Morgan fingerprint density at radius 1 is 1.44 bits per heavy atom. The molecule has 0 radical (unpaired) electrons. The van der Waals surface area contributed by atoms with Crippen LogP contribution in [0.2, 0.25) is 0 Å².